The molecule has 0 aliphatic heterocycles. The van der Waals surface area contributed by atoms with Gasteiger partial charge in [0, 0.05) is 41.5 Å². The van der Waals surface area contributed by atoms with E-state index in [1.807, 2.05) is 37.5 Å². The van der Waals surface area contributed by atoms with Gasteiger partial charge in [0.1, 0.15) is 12.3 Å². The molecule has 3 aromatic rings. The van der Waals surface area contributed by atoms with Gasteiger partial charge in [-0.2, -0.15) is 0 Å². The first-order valence-corrected chi connectivity index (χ1v) is 10.2. The van der Waals surface area contributed by atoms with Crippen molar-refractivity contribution in [2.45, 2.75) is 40.0 Å². The highest BCUT2D eigenvalue weighted by Crippen LogP contribution is 2.32. The van der Waals surface area contributed by atoms with E-state index in [0.717, 1.165) is 40.5 Å². The predicted molar refractivity (Wildman–Crippen MR) is 113 cm³/mol. The van der Waals surface area contributed by atoms with Gasteiger partial charge in [0.05, 0.1) is 5.41 Å². The summed E-state index contributed by atoms with van der Waals surface area (Å²) in [5.74, 6) is 1.11. The number of ether oxygens (including phenoxy) is 1. The average molecular weight is 406 g/mol. The van der Waals surface area contributed by atoms with Crippen LogP contribution in [0, 0.1) is 18.3 Å². The van der Waals surface area contributed by atoms with Crippen molar-refractivity contribution in [3.63, 3.8) is 0 Å². The van der Waals surface area contributed by atoms with Crippen LogP contribution in [0.3, 0.4) is 0 Å². The fourth-order valence-electron chi connectivity index (χ4n) is 3.15. The number of carbonyl (C=O) groups is 1. The number of aliphatic carboxylic acids is 1. The van der Waals surface area contributed by atoms with Crippen LogP contribution in [0.25, 0.3) is 22.6 Å². The van der Waals surface area contributed by atoms with Gasteiger partial charge >= 0.3 is 5.97 Å². The van der Waals surface area contributed by atoms with Crippen LogP contribution in [0.2, 0.25) is 0 Å². The summed E-state index contributed by atoms with van der Waals surface area (Å²) in [6.45, 7) is 5.27. The van der Waals surface area contributed by atoms with Crippen LogP contribution in [0.4, 0.5) is 0 Å². The number of hydrogen-bond donors (Lipinski definition) is 2. The van der Waals surface area contributed by atoms with E-state index < -0.39 is 11.4 Å². The molecule has 7 heteroatoms. The molecular formula is C23H26N4O3. The summed E-state index contributed by atoms with van der Waals surface area (Å²) < 4.78 is 5.59. The Hall–Kier alpha value is -3.22. The van der Waals surface area contributed by atoms with Crippen LogP contribution in [-0.4, -0.2) is 37.6 Å². The molecule has 7 nitrogen and oxygen atoms in total. The molecule has 3 aromatic heterocycles. The molecule has 0 bridgehead atoms. The fourth-order valence-corrected chi connectivity index (χ4v) is 3.15. The summed E-state index contributed by atoms with van der Waals surface area (Å²) in [6.07, 6.45) is 9.15. The number of aromatic nitrogens is 4. The van der Waals surface area contributed by atoms with Crippen molar-refractivity contribution in [3.05, 3.63) is 48.0 Å². The number of hydrogen-bond acceptors (Lipinski definition) is 5. The van der Waals surface area contributed by atoms with Gasteiger partial charge in [-0.3, -0.25) is 9.78 Å². The molecule has 0 atom stereocenters. The Bertz CT molecular complexity index is 1050. The fraction of sp³-hybridized carbons (Fsp3) is 0.391. The minimum absolute atomic E-state index is 0.0518. The maximum absolute atomic E-state index is 11.2. The van der Waals surface area contributed by atoms with Gasteiger partial charge in [-0.1, -0.05) is 6.07 Å². The third-order valence-corrected chi connectivity index (χ3v) is 5.40. The second kappa shape index (κ2) is 7.89. The minimum Gasteiger partial charge on any atom is -0.481 e. The normalized spacial score (nSPS) is 14.0. The Morgan fingerprint density at radius 1 is 1.20 bits per heavy atom. The smallest absolute Gasteiger partial charge is 0.312 e. The highest BCUT2D eigenvalue weighted by atomic mass is 16.5. The largest absolute Gasteiger partial charge is 0.481 e. The Labute approximate surface area is 175 Å². The first kappa shape index (κ1) is 20.1. The lowest BCUT2D eigenvalue weighted by Gasteiger charge is -2.19. The number of pyridine rings is 2. The van der Waals surface area contributed by atoms with Gasteiger partial charge in [-0.05, 0) is 57.6 Å². The van der Waals surface area contributed by atoms with E-state index in [0.29, 0.717) is 5.88 Å². The number of carboxylic acids is 1. The summed E-state index contributed by atoms with van der Waals surface area (Å²) in [4.78, 5) is 27.9. The highest BCUT2D eigenvalue weighted by molar-refractivity contribution is 5.73. The molecule has 1 aliphatic carbocycles. The SMILES string of the molecule is Cc1cc(OCC(C)(C)C(=O)O)ncc1-c1ccc(-c2ncc(CC3CC3)[nH]2)nc1. The molecule has 0 spiro atoms. The van der Waals surface area contributed by atoms with Crippen LogP contribution in [0.1, 0.15) is 37.9 Å². The van der Waals surface area contributed by atoms with Crippen molar-refractivity contribution in [3.8, 4) is 28.5 Å². The molecule has 0 saturated heterocycles. The van der Waals surface area contributed by atoms with Gasteiger partial charge in [-0.15, -0.1) is 0 Å². The zero-order chi connectivity index (χ0) is 21.3. The third-order valence-electron chi connectivity index (χ3n) is 5.40. The quantitative estimate of drug-likeness (QED) is 0.579. The van der Waals surface area contributed by atoms with Gasteiger partial charge in [0.15, 0.2) is 5.82 Å². The van der Waals surface area contributed by atoms with Crippen LogP contribution >= 0.6 is 0 Å². The van der Waals surface area contributed by atoms with Gasteiger partial charge < -0.3 is 14.8 Å². The molecule has 2 N–H and O–H groups in total. The zero-order valence-electron chi connectivity index (χ0n) is 17.5. The molecule has 1 fully saturated rings. The minimum atomic E-state index is -0.974. The second-order valence-corrected chi connectivity index (χ2v) is 8.65. The summed E-state index contributed by atoms with van der Waals surface area (Å²) in [6, 6.07) is 5.77. The summed E-state index contributed by atoms with van der Waals surface area (Å²) >= 11 is 0. The molecule has 0 aromatic carbocycles. The number of aromatic amines is 1. The predicted octanol–water partition coefficient (Wildman–Crippen LogP) is 4.28. The van der Waals surface area contributed by atoms with E-state index in [9.17, 15) is 9.90 Å². The van der Waals surface area contributed by atoms with Crippen molar-refractivity contribution >= 4 is 5.97 Å². The monoisotopic (exact) mass is 406 g/mol. The lowest BCUT2D eigenvalue weighted by molar-refractivity contribution is -0.148. The van der Waals surface area contributed by atoms with Crippen LogP contribution in [0.5, 0.6) is 5.88 Å². The summed E-state index contributed by atoms with van der Waals surface area (Å²) in [5, 5.41) is 9.20. The van der Waals surface area contributed by atoms with Crippen molar-refractivity contribution in [2.24, 2.45) is 11.3 Å². The molecule has 3 heterocycles. The van der Waals surface area contributed by atoms with Crippen molar-refractivity contribution < 1.29 is 14.6 Å². The Morgan fingerprint density at radius 3 is 2.63 bits per heavy atom. The number of aryl methyl sites for hydroxylation is 1. The summed E-state index contributed by atoms with van der Waals surface area (Å²) in [5.41, 5.74) is 3.88. The topological polar surface area (TPSA) is 101 Å². The molecule has 0 amide bonds. The lowest BCUT2D eigenvalue weighted by atomic mass is 9.95. The summed E-state index contributed by atoms with van der Waals surface area (Å²) in [7, 11) is 0. The van der Waals surface area contributed by atoms with E-state index in [-0.39, 0.29) is 6.61 Å². The van der Waals surface area contributed by atoms with Gasteiger partial charge in [-0.25, -0.2) is 9.97 Å². The first-order valence-electron chi connectivity index (χ1n) is 10.2. The van der Waals surface area contributed by atoms with E-state index in [2.05, 4.69) is 19.9 Å². The molecule has 1 aliphatic rings. The van der Waals surface area contributed by atoms with E-state index in [1.165, 1.54) is 18.5 Å². The van der Waals surface area contributed by atoms with Gasteiger partial charge in [0.25, 0.3) is 0 Å². The van der Waals surface area contributed by atoms with E-state index in [1.54, 1.807) is 20.0 Å². The van der Waals surface area contributed by atoms with Crippen molar-refractivity contribution in [2.75, 3.05) is 6.61 Å². The highest BCUT2D eigenvalue weighted by Gasteiger charge is 2.28. The number of H-pyrrole nitrogens is 1. The standard InChI is InChI=1S/C23H26N4O3/c1-14-8-20(30-13-23(2,3)22(28)29)25-12-18(14)16-6-7-19(24-10-16)21-26-11-17(27-21)9-15-4-5-15/h6-8,10-12,15H,4-5,9,13H2,1-3H3,(H,26,27)(H,28,29). The van der Waals surface area contributed by atoms with Crippen LogP contribution in [0.15, 0.2) is 36.8 Å². The third kappa shape index (κ3) is 4.50. The molecule has 156 valence electrons. The number of nitrogens with one attached hydrogen (secondary N) is 1. The zero-order valence-corrected chi connectivity index (χ0v) is 17.5. The maximum atomic E-state index is 11.2. The molecule has 30 heavy (non-hydrogen) atoms. The van der Waals surface area contributed by atoms with Crippen molar-refractivity contribution in [1.82, 2.24) is 19.9 Å². The number of rotatable bonds is 8. The maximum Gasteiger partial charge on any atom is 0.312 e. The lowest BCUT2D eigenvalue weighted by Crippen LogP contribution is -2.30. The van der Waals surface area contributed by atoms with Gasteiger partial charge in [0.2, 0.25) is 5.88 Å². The molecular weight excluding hydrogens is 380 g/mol. The average Bonchev–Trinajstić information content (AvgIpc) is 3.41. The molecule has 1 saturated carbocycles. The second-order valence-electron chi connectivity index (χ2n) is 8.65. The molecule has 0 radical (unpaired) electrons. The first-order chi connectivity index (χ1) is 14.3. The Morgan fingerprint density at radius 2 is 2.00 bits per heavy atom. The van der Waals surface area contributed by atoms with Crippen LogP contribution in [-0.2, 0) is 11.2 Å². The van der Waals surface area contributed by atoms with E-state index in [4.69, 9.17) is 4.74 Å². The molecule has 0 unspecified atom stereocenters. The Kier molecular flexibility index (Phi) is 5.28. The molecule has 4 rings (SSSR count). The van der Waals surface area contributed by atoms with Crippen LogP contribution < -0.4 is 4.74 Å². The van der Waals surface area contributed by atoms with Crippen molar-refractivity contribution in [1.29, 1.82) is 0 Å². The number of nitrogens with zero attached hydrogens (tertiary/aromatic N) is 3. The van der Waals surface area contributed by atoms with E-state index >= 15 is 0 Å². The Balaban J connectivity index is 1.46. The number of imidazole rings is 1. The number of carboxylic acid groups (broad SMARTS) is 1.